The van der Waals surface area contributed by atoms with Gasteiger partial charge in [0, 0.05) is 30.4 Å². The third-order valence-corrected chi connectivity index (χ3v) is 4.65. The van der Waals surface area contributed by atoms with Gasteiger partial charge in [0.2, 0.25) is 0 Å². The Bertz CT molecular complexity index is 546. The lowest BCUT2D eigenvalue weighted by Crippen LogP contribution is -2.13. The van der Waals surface area contributed by atoms with Crippen LogP contribution in [0.5, 0.6) is 11.5 Å². The molecule has 2 aliphatic rings. The van der Waals surface area contributed by atoms with Crippen molar-refractivity contribution >= 4 is 21.7 Å². The molecule has 2 aliphatic heterocycles. The first-order valence-electron chi connectivity index (χ1n) is 6.96. The van der Waals surface area contributed by atoms with Crippen molar-refractivity contribution in [1.29, 1.82) is 0 Å². The molecule has 0 aromatic heterocycles. The summed E-state index contributed by atoms with van der Waals surface area (Å²) in [5.74, 6) is 1.60. The fourth-order valence-electron chi connectivity index (χ4n) is 3.01. The van der Waals surface area contributed by atoms with Crippen LogP contribution >= 0.6 is 15.9 Å². The average Bonchev–Trinajstić information content (AvgIpc) is 2.93. The number of hydrogen-bond acceptors (Lipinski definition) is 4. The van der Waals surface area contributed by atoms with E-state index in [1.165, 1.54) is 0 Å². The van der Waals surface area contributed by atoms with Crippen molar-refractivity contribution in [3.05, 3.63) is 21.2 Å². The van der Waals surface area contributed by atoms with Gasteiger partial charge in [-0.3, -0.25) is 4.79 Å². The highest BCUT2D eigenvalue weighted by Crippen LogP contribution is 2.49. The normalized spacial score (nSPS) is 23.0. The minimum Gasteiger partial charge on any atom is -0.489 e. The smallest absolute Gasteiger partial charge is 0.168 e. The Balaban J connectivity index is 2.20. The van der Waals surface area contributed by atoms with Crippen LogP contribution in [0.25, 0.3) is 0 Å². The van der Waals surface area contributed by atoms with Crippen LogP contribution in [0.3, 0.4) is 0 Å². The van der Waals surface area contributed by atoms with Crippen LogP contribution in [0.15, 0.2) is 4.47 Å². The molecular formula is C15H18BrNO3. The van der Waals surface area contributed by atoms with Crippen LogP contribution in [-0.2, 0) is 12.8 Å². The predicted octanol–water partition coefficient (Wildman–Crippen LogP) is 2.63. The Morgan fingerprint density at radius 1 is 1.20 bits per heavy atom. The van der Waals surface area contributed by atoms with Crippen molar-refractivity contribution in [3.63, 3.8) is 0 Å². The van der Waals surface area contributed by atoms with E-state index >= 15 is 0 Å². The molecule has 20 heavy (non-hydrogen) atoms. The highest BCUT2D eigenvalue weighted by atomic mass is 79.9. The molecule has 0 saturated heterocycles. The first-order valence-corrected chi connectivity index (χ1v) is 7.76. The molecule has 0 radical (unpaired) electrons. The lowest BCUT2D eigenvalue weighted by atomic mass is 9.94. The van der Waals surface area contributed by atoms with E-state index in [1.54, 1.807) is 0 Å². The molecule has 2 heterocycles. The maximum absolute atomic E-state index is 12.5. The lowest BCUT2D eigenvalue weighted by molar-refractivity contribution is 0.0980. The standard InChI is InChI=1S/C15H18BrNO3/c1-7-5-9-12(11(18)3-4-17)14-10(6-8(2)19-14)13(16)15(9)20-7/h7-8H,3-6,17H2,1-2H3. The van der Waals surface area contributed by atoms with E-state index in [-0.39, 0.29) is 18.0 Å². The second-order valence-electron chi connectivity index (χ2n) is 5.53. The third-order valence-electron chi connectivity index (χ3n) is 3.81. The van der Waals surface area contributed by atoms with Gasteiger partial charge in [-0.1, -0.05) is 0 Å². The molecule has 0 amide bonds. The number of nitrogens with two attached hydrogens (primary N) is 1. The number of hydrogen-bond donors (Lipinski definition) is 1. The predicted molar refractivity (Wildman–Crippen MR) is 79.7 cm³/mol. The molecule has 0 spiro atoms. The summed E-state index contributed by atoms with van der Waals surface area (Å²) in [5, 5.41) is 0. The van der Waals surface area contributed by atoms with Crippen LogP contribution in [0.4, 0.5) is 0 Å². The molecule has 108 valence electrons. The van der Waals surface area contributed by atoms with Gasteiger partial charge in [0.1, 0.15) is 23.7 Å². The Kier molecular flexibility index (Phi) is 3.50. The van der Waals surface area contributed by atoms with Crippen LogP contribution in [0.2, 0.25) is 0 Å². The van der Waals surface area contributed by atoms with Crippen molar-refractivity contribution in [2.24, 2.45) is 5.73 Å². The lowest BCUT2D eigenvalue weighted by Gasteiger charge is -2.14. The summed E-state index contributed by atoms with van der Waals surface area (Å²) < 4.78 is 12.7. The minimum atomic E-state index is 0.0549. The highest BCUT2D eigenvalue weighted by molar-refractivity contribution is 9.10. The molecule has 1 aromatic rings. The van der Waals surface area contributed by atoms with E-state index < -0.39 is 0 Å². The minimum absolute atomic E-state index is 0.0549. The second-order valence-corrected chi connectivity index (χ2v) is 6.32. The van der Waals surface area contributed by atoms with Gasteiger partial charge in [0.05, 0.1) is 10.0 Å². The number of Topliss-reactive ketones (excluding diaryl/α,β-unsaturated/α-hetero) is 1. The summed E-state index contributed by atoms with van der Waals surface area (Å²) in [5.41, 5.74) is 8.25. The van der Waals surface area contributed by atoms with E-state index in [0.717, 1.165) is 39.9 Å². The van der Waals surface area contributed by atoms with Crippen molar-refractivity contribution in [3.8, 4) is 11.5 Å². The van der Waals surface area contributed by atoms with Gasteiger partial charge in [0.25, 0.3) is 0 Å². The number of rotatable bonds is 3. The molecule has 3 rings (SSSR count). The first-order chi connectivity index (χ1) is 9.52. The quantitative estimate of drug-likeness (QED) is 0.860. The number of halogens is 1. The number of benzene rings is 1. The van der Waals surface area contributed by atoms with Gasteiger partial charge in [-0.15, -0.1) is 0 Å². The SMILES string of the molecule is CC1Cc2c(c(Br)c3c(c2C(=O)CCN)OC(C)C3)O1. The maximum Gasteiger partial charge on any atom is 0.168 e. The number of fused-ring (bicyclic) bond motifs is 2. The molecule has 2 unspecified atom stereocenters. The summed E-state index contributed by atoms with van der Waals surface area (Å²) in [6, 6.07) is 0. The maximum atomic E-state index is 12.5. The molecule has 0 saturated carbocycles. The highest BCUT2D eigenvalue weighted by Gasteiger charge is 2.36. The van der Waals surface area contributed by atoms with Crippen LogP contribution in [0, 0.1) is 0 Å². The number of ketones is 1. The Labute approximate surface area is 126 Å². The van der Waals surface area contributed by atoms with E-state index in [9.17, 15) is 4.79 Å². The number of carbonyl (C=O) groups excluding carboxylic acids is 1. The van der Waals surface area contributed by atoms with Crippen molar-refractivity contribution in [2.75, 3.05) is 6.54 Å². The third kappa shape index (κ3) is 2.04. The van der Waals surface area contributed by atoms with Gasteiger partial charge in [-0.25, -0.2) is 0 Å². The summed E-state index contributed by atoms with van der Waals surface area (Å²) in [6.07, 6.45) is 2.05. The van der Waals surface area contributed by atoms with Gasteiger partial charge >= 0.3 is 0 Å². The van der Waals surface area contributed by atoms with E-state index in [4.69, 9.17) is 15.2 Å². The topological polar surface area (TPSA) is 61.6 Å². The second kappa shape index (κ2) is 5.04. The van der Waals surface area contributed by atoms with E-state index in [1.807, 2.05) is 13.8 Å². The van der Waals surface area contributed by atoms with Crippen LogP contribution < -0.4 is 15.2 Å². The molecular weight excluding hydrogens is 322 g/mol. The molecule has 4 nitrogen and oxygen atoms in total. The molecule has 5 heteroatoms. The van der Waals surface area contributed by atoms with Crippen molar-refractivity contribution in [2.45, 2.75) is 45.3 Å². The zero-order valence-corrected chi connectivity index (χ0v) is 13.2. The monoisotopic (exact) mass is 339 g/mol. The summed E-state index contributed by atoms with van der Waals surface area (Å²) >= 11 is 3.62. The first kappa shape index (κ1) is 13.9. The summed E-state index contributed by atoms with van der Waals surface area (Å²) in [4.78, 5) is 12.5. The number of carbonyl (C=O) groups is 1. The Morgan fingerprint density at radius 2 is 1.80 bits per heavy atom. The summed E-state index contributed by atoms with van der Waals surface area (Å²) in [7, 11) is 0. The largest absolute Gasteiger partial charge is 0.489 e. The Hall–Kier alpha value is -1.07. The van der Waals surface area contributed by atoms with E-state index in [0.29, 0.717) is 18.5 Å². The zero-order valence-electron chi connectivity index (χ0n) is 11.7. The fraction of sp³-hybridized carbons (Fsp3) is 0.533. The molecule has 0 bridgehead atoms. The van der Waals surface area contributed by atoms with Crippen molar-refractivity contribution in [1.82, 2.24) is 0 Å². The number of ether oxygens (including phenoxy) is 2. The van der Waals surface area contributed by atoms with Crippen LogP contribution in [-0.4, -0.2) is 24.5 Å². The van der Waals surface area contributed by atoms with Gasteiger partial charge < -0.3 is 15.2 Å². The fourth-order valence-corrected chi connectivity index (χ4v) is 3.69. The molecule has 2 atom stereocenters. The molecule has 1 aromatic carbocycles. The molecule has 0 fully saturated rings. The summed E-state index contributed by atoms with van der Waals surface area (Å²) in [6.45, 7) is 4.38. The van der Waals surface area contributed by atoms with Gasteiger partial charge in [-0.05, 0) is 36.3 Å². The van der Waals surface area contributed by atoms with Crippen LogP contribution in [0.1, 0.15) is 41.8 Å². The van der Waals surface area contributed by atoms with Gasteiger partial charge in [-0.2, -0.15) is 0 Å². The van der Waals surface area contributed by atoms with Crippen molar-refractivity contribution < 1.29 is 14.3 Å². The molecule has 2 N–H and O–H groups in total. The average molecular weight is 340 g/mol. The zero-order chi connectivity index (χ0) is 14.4. The Morgan fingerprint density at radius 3 is 2.45 bits per heavy atom. The molecule has 0 aliphatic carbocycles. The van der Waals surface area contributed by atoms with Gasteiger partial charge in [0.15, 0.2) is 5.78 Å². The van der Waals surface area contributed by atoms with E-state index in [2.05, 4.69) is 15.9 Å².